The molecule has 1 atom stereocenters. The molecule has 0 fully saturated rings. The van der Waals surface area contributed by atoms with E-state index in [0.29, 0.717) is 33.3 Å². The van der Waals surface area contributed by atoms with Crippen LogP contribution in [0.3, 0.4) is 0 Å². The van der Waals surface area contributed by atoms with Crippen LogP contribution in [-0.4, -0.2) is 36.1 Å². The number of allylic oxidation sites excluding steroid dienone is 1. The van der Waals surface area contributed by atoms with Crippen molar-refractivity contribution in [2.75, 3.05) is 12.4 Å². The summed E-state index contributed by atoms with van der Waals surface area (Å²) in [6.45, 7) is 4.00. The normalized spacial score (nSPS) is 14.7. The molecule has 1 amide bonds. The van der Waals surface area contributed by atoms with Crippen LogP contribution in [0, 0.1) is 6.92 Å². The molecule has 236 valence electrons. The molecular weight excluding hydrogens is 616 g/mol. The number of methoxy groups -OCH3 is 1. The predicted molar refractivity (Wildman–Crippen MR) is 183 cm³/mol. The van der Waals surface area contributed by atoms with Gasteiger partial charge < -0.3 is 20.1 Å². The molecule has 0 saturated heterocycles. The van der Waals surface area contributed by atoms with Gasteiger partial charge >= 0.3 is 0 Å². The highest BCUT2D eigenvalue weighted by atomic mass is 32.2. The Morgan fingerprint density at radius 3 is 2.53 bits per heavy atom. The fourth-order valence-electron chi connectivity index (χ4n) is 6.37. The molecule has 1 unspecified atom stereocenters. The van der Waals surface area contributed by atoms with Gasteiger partial charge in [0.25, 0.3) is 16.0 Å². The molecule has 0 aliphatic heterocycles. The van der Waals surface area contributed by atoms with Crippen molar-refractivity contribution < 1.29 is 27.6 Å². The number of phenolic OH excluding ortho intramolecular Hbond substituents is 1. The number of aromatic hydroxyl groups is 1. The number of amides is 1. The predicted octanol–water partition coefficient (Wildman–Crippen LogP) is 8.93. The summed E-state index contributed by atoms with van der Waals surface area (Å²) in [6.07, 6.45) is 5.06. The van der Waals surface area contributed by atoms with Gasteiger partial charge in [0.2, 0.25) is 0 Å². The minimum Gasteiger partial charge on any atom is -0.505 e. The fourth-order valence-corrected chi connectivity index (χ4v) is 7.07. The van der Waals surface area contributed by atoms with Crippen molar-refractivity contribution in [3.63, 3.8) is 0 Å². The number of phenols is 1. The van der Waals surface area contributed by atoms with Crippen LogP contribution in [-0.2, 0) is 10.1 Å². The molecule has 0 bridgehead atoms. The number of aryl methyl sites for hydroxylation is 1. The number of fused-ring (bicyclic) bond motifs is 6. The Labute approximate surface area is 270 Å². The van der Waals surface area contributed by atoms with E-state index in [0.717, 1.165) is 34.1 Å². The number of hydrogen-bond donors (Lipinski definition) is 4. The van der Waals surface area contributed by atoms with Crippen molar-refractivity contribution >= 4 is 71.6 Å². The van der Waals surface area contributed by atoms with Gasteiger partial charge in [-0.15, -0.1) is 10.2 Å². The van der Waals surface area contributed by atoms with Crippen molar-refractivity contribution in [2.45, 2.75) is 31.1 Å². The largest absolute Gasteiger partial charge is 0.505 e. The number of aromatic amines is 1. The number of nitrogens with zero attached hydrogens (tertiary/aromatic N) is 2. The maximum Gasteiger partial charge on any atom is 0.295 e. The quantitative estimate of drug-likeness (QED) is 0.105. The summed E-state index contributed by atoms with van der Waals surface area (Å²) in [5.41, 5.74) is 4.59. The van der Waals surface area contributed by atoms with E-state index in [2.05, 4.69) is 33.5 Å². The van der Waals surface area contributed by atoms with E-state index < -0.39 is 16.0 Å². The van der Waals surface area contributed by atoms with E-state index in [1.54, 1.807) is 55.6 Å². The Morgan fingerprint density at radius 2 is 1.79 bits per heavy atom. The lowest BCUT2D eigenvalue weighted by Gasteiger charge is -2.15. The van der Waals surface area contributed by atoms with Gasteiger partial charge in [0.05, 0.1) is 23.9 Å². The highest BCUT2D eigenvalue weighted by Crippen LogP contribution is 2.46. The van der Waals surface area contributed by atoms with E-state index in [1.165, 1.54) is 12.1 Å². The number of carbonyl (C=O) groups excluding carboxylic acids is 1. The molecule has 4 N–H and O–H groups in total. The molecule has 7 rings (SSSR count). The summed E-state index contributed by atoms with van der Waals surface area (Å²) in [6, 6.07) is 20.1. The Hall–Kier alpha value is -5.52. The lowest BCUT2D eigenvalue weighted by molar-refractivity contribution is 0.102. The molecule has 6 aromatic rings. The molecular formula is C36H30N4O6S. The summed E-state index contributed by atoms with van der Waals surface area (Å²) in [5, 5.41) is 26.6. The first-order valence-corrected chi connectivity index (χ1v) is 16.4. The lowest BCUT2D eigenvalue weighted by Crippen LogP contribution is -2.13. The smallest absolute Gasteiger partial charge is 0.295 e. The van der Waals surface area contributed by atoms with Crippen molar-refractivity contribution in [1.82, 2.24) is 4.98 Å². The van der Waals surface area contributed by atoms with Crippen LogP contribution in [0.5, 0.6) is 11.5 Å². The SMILES string of the molecule is COc1ccc(NC(=O)c2cc3ccc4c5c([nH]c4c3c(N=Nc3ccc(S(=O)(=O)O)c4ccccc34)c2O)C=CCC5C)c(C)c1. The van der Waals surface area contributed by atoms with Gasteiger partial charge in [-0.3, -0.25) is 9.35 Å². The van der Waals surface area contributed by atoms with E-state index in [1.807, 2.05) is 25.1 Å². The van der Waals surface area contributed by atoms with Crippen LogP contribution in [0.15, 0.2) is 94.0 Å². The maximum atomic E-state index is 13.7. The second-order valence-electron chi connectivity index (χ2n) is 11.6. The van der Waals surface area contributed by atoms with Gasteiger partial charge in [0.15, 0.2) is 5.75 Å². The zero-order valence-corrected chi connectivity index (χ0v) is 26.5. The van der Waals surface area contributed by atoms with Crippen LogP contribution in [0.4, 0.5) is 17.1 Å². The van der Waals surface area contributed by atoms with Crippen molar-refractivity contribution in [2.24, 2.45) is 10.2 Å². The Balaban J connectivity index is 1.44. The number of benzene rings is 5. The summed E-state index contributed by atoms with van der Waals surface area (Å²) in [7, 11) is -2.94. The second-order valence-corrected chi connectivity index (χ2v) is 13.0. The zero-order chi connectivity index (χ0) is 33.0. The third-order valence-corrected chi connectivity index (χ3v) is 9.60. The first kappa shape index (κ1) is 30.2. The molecule has 11 heteroatoms. The molecule has 5 aromatic carbocycles. The van der Waals surface area contributed by atoms with Gasteiger partial charge in [-0.25, -0.2) is 0 Å². The number of rotatable bonds is 6. The number of aromatic nitrogens is 1. The van der Waals surface area contributed by atoms with Crippen LogP contribution in [0.1, 0.15) is 46.4 Å². The van der Waals surface area contributed by atoms with Crippen LogP contribution in [0.2, 0.25) is 0 Å². The first-order chi connectivity index (χ1) is 22.5. The number of ether oxygens (including phenoxy) is 1. The number of H-pyrrole nitrogens is 1. The highest BCUT2D eigenvalue weighted by molar-refractivity contribution is 7.86. The fraction of sp³-hybridized carbons (Fsp3) is 0.139. The number of anilines is 1. The van der Waals surface area contributed by atoms with Gasteiger partial charge in [-0.1, -0.05) is 49.4 Å². The molecule has 0 spiro atoms. The molecule has 10 nitrogen and oxygen atoms in total. The van der Waals surface area contributed by atoms with E-state index >= 15 is 0 Å². The van der Waals surface area contributed by atoms with Crippen molar-refractivity contribution in [1.29, 1.82) is 0 Å². The van der Waals surface area contributed by atoms with Crippen LogP contribution < -0.4 is 10.1 Å². The molecule has 0 saturated carbocycles. The van der Waals surface area contributed by atoms with Crippen molar-refractivity contribution in [3.05, 3.63) is 101 Å². The summed E-state index contributed by atoms with van der Waals surface area (Å²) >= 11 is 0. The Morgan fingerprint density at radius 1 is 1.00 bits per heavy atom. The third kappa shape index (κ3) is 5.19. The Kier molecular flexibility index (Phi) is 7.30. The zero-order valence-electron chi connectivity index (χ0n) is 25.7. The van der Waals surface area contributed by atoms with Gasteiger partial charge in [0, 0.05) is 32.9 Å². The summed E-state index contributed by atoms with van der Waals surface area (Å²) < 4.78 is 39.2. The molecule has 1 aromatic heterocycles. The molecule has 47 heavy (non-hydrogen) atoms. The van der Waals surface area contributed by atoms with E-state index in [-0.39, 0.29) is 33.2 Å². The van der Waals surface area contributed by atoms with E-state index in [4.69, 9.17) is 4.74 Å². The van der Waals surface area contributed by atoms with Crippen LogP contribution >= 0.6 is 0 Å². The molecule has 1 heterocycles. The number of carbonyl (C=O) groups is 1. The van der Waals surface area contributed by atoms with Crippen LogP contribution in [0.25, 0.3) is 38.5 Å². The average molecular weight is 647 g/mol. The van der Waals surface area contributed by atoms with E-state index in [9.17, 15) is 22.9 Å². The second kappa shape index (κ2) is 11.4. The monoisotopic (exact) mass is 646 g/mol. The number of hydrogen-bond acceptors (Lipinski definition) is 7. The first-order valence-electron chi connectivity index (χ1n) is 14.9. The van der Waals surface area contributed by atoms with Gasteiger partial charge in [0.1, 0.15) is 16.3 Å². The number of azo groups is 1. The Bertz CT molecular complexity index is 2450. The minimum absolute atomic E-state index is 0.00261. The minimum atomic E-state index is -4.50. The maximum absolute atomic E-state index is 13.7. The number of nitrogens with one attached hydrogen (secondary N) is 2. The van der Waals surface area contributed by atoms with Gasteiger partial charge in [-0.05, 0) is 78.2 Å². The lowest BCUT2D eigenvalue weighted by atomic mass is 9.90. The standard InChI is InChI=1S/C36H30N4O6S/c1-19-7-6-10-29-31(19)25-13-11-21-18-26(36(42)38-27-14-12-22(46-3)17-20(27)2)35(41)34(32(21)33(25)37-29)40-39-28-15-16-30(47(43,44)45)24-9-5-4-8-23(24)28/h4-6,8-19,37,41H,7H2,1-3H3,(H,38,42)(H,43,44,45). The molecule has 1 aliphatic carbocycles. The summed E-state index contributed by atoms with van der Waals surface area (Å²) in [5.74, 6) is 0.00741. The molecule has 1 aliphatic rings. The highest BCUT2D eigenvalue weighted by Gasteiger charge is 2.25. The van der Waals surface area contributed by atoms with Crippen molar-refractivity contribution in [3.8, 4) is 11.5 Å². The topological polar surface area (TPSA) is 153 Å². The molecule has 0 radical (unpaired) electrons. The third-order valence-electron chi connectivity index (χ3n) is 8.68. The van der Waals surface area contributed by atoms with Gasteiger partial charge in [-0.2, -0.15) is 8.42 Å². The summed E-state index contributed by atoms with van der Waals surface area (Å²) in [4.78, 5) is 17.0. The average Bonchev–Trinajstić information content (AvgIpc) is 3.44.